The maximum atomic E-state index is 13.9. The fourth-order valence-corrected chi connectivity index (χ4v) is 12.0. The van der Waals surface area contributed by atoms with Gasteiger partial charge in [-0.1, -0.05) is 11.6 Å². The molecule has 9 rings (SSSR count). The van der Waals surface area contributed by atoms with E-state index in [-0.39, 0.29) is 53.6 Å². The van der Waals surface area contributed by atoms with E-state index in [1.807, 2.05) is 4.90 Å². The normalized spacial score (nSPS) is 22.2. The summed E-state index contributed by atoms with van der Waals surface area (Å²) in [5.74, 6) is 1.90. The van der Waals surface area contributed by atoms with E-state index in [2.05, 4.69) is 39.5 Å². The number of anilines is 3. The van der Waals surface area contributed by atoms with Crippen molar-refractivity contribution in [3.63, 3.8) is 0 Å². The fraction of sp³-hybridized carbons (Fsp3) is 0.538. The highest BCUT2D eigenvalue weighted by Gasteiger charge is 2.40. The predicted molar refractivity (Wildman–Crippen MR) is 261 cm³/mol. The van der Waals surface area contributed by atoms with Crippen LogP contribution in [0.2, 0.25) is 5.02 Å². The molecule has 1 spiro atoms. The maximum Gasteiger partial charge on any atom is 0.416 e. The Morgan fingerprint density at radius 3 is 2.26 bits per heavy atom. The fourth-order valence-electron chi connectivity index (χ4n) is 11.8. The van der Waals surface area contributed by atoms with Crippen LogP contribution in [0.3, 0.4) is 0 Å². The number of fused-ring (bicyclic) bond motifs is 1. The molecular formula is C52H63ClF3N9O4. The Kier molecular flexibility index (Phi) is 13.9. The first kappa shape index (κ1) is 48.5. The van der Waals surface area contributed by atoms with Gasteiger partial charge in [0.1, 0.15) is 11.6 Å². The zero-order valence-electron chi connectivity index (χ0n) is 39.8. The Bertz CT molecular complexity index is 2610. The molecule has 368 valence electrons. The number of aromatic nitrogens is 2. The number of piperidine rings is 1. The van der Waals surface area contributed by atoms with Gasteiger partial charge in [0.25, 0.3) is 5.91 Å². The molecule has 17 heteroatoms. The van der Waals surface area contributed by atoms with Crippen molar-refractivity contribution in [1.82, 2.24) is 30.0 Å². The molecule has 2 aliphatic carbocycles. The van der Waals surface area contributed by atoms with Gasteiger partial charge in [-0.15, -0.1) is 0 Å². The van der Waals surface area contributed by atoms with Gasteiger partial charge >= 0.3 is 12.2 Å². The number of amides is 5. The van der Waals surface area contributed by atoms with Gasteiger partial charge in [0.15, 0.2) is 0 Å². The van der Waals surface area contributed by atoms with Crippen molar-refractivity contribution in [3.05, 3.63) is 87.2 Å². The topological polar surface area (TPSA) is 157 Å². The van der Waals surface area contributed by atoms with E-state index >= 15 is 0 Å². The first-order chi connectivity index (χ1) is 32.9. The summed E-state index contributed by atoms with van der Waals surface area (Å²) in [6.45, 7) is 11.6. The van der Waals surface area contributed by atoms with Gasteiger partial charge in [-0.05, 0) is 167 Å². The Hall–Kier alpha value is -5.48. The second-order valence-electron chi connectivity index (χ2n) is 20.4. The molecular weight excluding hydrogens is 907 g/mol. The van der Waals surface area contributed by atoms with E-state index < -0.39 is 23.8 Å². The standard InChI is InChI=1S/C52H63ClF3N9O4/c1-31-24-44-42(47(60-33(3)59-44)58-32(2)38-25-39(52(54,55)56)28-40(57)26-38)29-41(31)35-4-6-36(7-5-35)48(67)64-22-20-62(21-23-64)30-34-10-13-51(14-11-34)15-18-63(19-16-51)49(68)37-8-9-43(53)45(27-37)65-17-12-46(66)61-50(65)69/h8-9,24-29,32,34-36H,4-7,10-23,30,57H2,1-3H3,(H,58,59,60)(H,61,66,69)/t32-,35?,36?/m1/s1. The van der Waals surface area contributed by atoms with E-state index in [0.29, 0.717) is 52.5 Å². The van der Waals surface area contributed by atoms with E-state index in [0.717, 1.165) is 113 Å². The minimum Gasteiger partial charge on any atom is -0.399 e. The zero-order chi connectivity index (χ0) is 48.8. The summed E-state index contributed by atoms with van der Waals surface area (Å²) < 4.78 is 40.8. The van der Waals surface area contributed by atoms with Crippen molar-refractivity contribution in [2.24, 2.45) is 17.3 Å². The molecule has 4 heterocycles. The number of alkyl halides is 3. The summed E-state index contributed by atoms with van der Waals surface area (Å²) in [6, 6.07) is 11.8. The Morgan fingerprint density at radius 1 is 0.870 bits per heavy atom. The van der Waals surface area contributed by atoms with Gasteiger partial charge in [-0.3, -0.25) is 29.5 Å². The Morgan fingerprint density at radius 2 is 1.58 bits per heavy atom. The highest BCUT2D eigenvalue weighted by atomic mass is 35.5. The van der Waals surface area contributed by atoms with Crippen LogP contribution in [0.25, 0.3) is 10.9 Å². The number of piperazine rings is 1. The van der Waals surface area contributed by atoms with Gasteiger partial charge < -0.3 is 20.9 Å². The molecule has 2 saturated carbocycles. The molecule has 5 amide bonds. The quantitative estimate of drug-likeness (QED) is 0.139. The van der Waals surface area contributed by atoms with Crippen molar-refractivity contribution < 1.29 is 32.3 Å². The van der Waals surface area contributed by atoms with Crippen LogP contribution in [0.5, 0.6) is 0 Å². The number of imide groups is 1. The van der Waals surface area contributed by atoms with Gasteiger partial charge in [0, 0.05) is 81.3 Å². The van der Waals surface area contributed by atoms with E-state index in [1.165, 1.54) is 23.3 Å². The molecule has 5 aliphatic rings. The third-order valence-electron chi connectivity index (χ3n) is 15.9. The van der Waals surface area contributed by atoms with Gasteiger partial charge in [-0.25, -0.2) is 14.8 Å². The number of carbonyl (C=O) groups is 4. The number of nitrogens with two attached hydrogens (primary N) is 1. The summed E-state index contributed by atoms with van der Waals surface area (Å²) in [5.41, 5.74) is 9.82. The van der Waals surface area contributed by atoms with Gasteiger partial charge in [0.2, 0.25) is 11.8 Å². The first-order valence-electron chi connectivity index (χ1n) is 24.7. The number of nitrogens with one attached hydrogen (secondary N) is 2. The molecule has 1 atom stereocenters. The molecule has 3 aromatic carbocycles. The van der Waals surface area contributed by atoms with E-state index in [4.69, 9.17) is 27.3 Å². The van der Waals surface area contributed by atoms with Crippen LogP contribution in [0.15, 0.2) is 48.5 Å². The number of rotatable bonds is 9. The summed E-state index contributed by atoms with van der Waals surface area (Å²) in [6.07, 6.45) is 5.72. The second kappa shape index (κ2) is 19.7. The highest BCUT2D eigenvalue weighted by Crippen LogP contribution is 2.47. The largest absolute Gasteiger partial charge is 0.416 e. The number of halogens is 4. The Labute approximate surface area is 406 Å². The minimum atomic E-state index is -4.51. The molecule has 0 radical (unpaired) electrons. The Balaban J connectivity index is 0.727. The van der Waals surface area contributed by atoms with Crippen LogP contribution in [0, 0.1) is 31.1 Å². The number of hydrogen-bond donors (Lipinski definition) is 3. The molecule has 3 saturated heterocycles. The molecule has 0 bridgehead atoms. The number of hydrogen-bond acceptors (Lipinski definition) is 9. The second-order valence-corrected chi connectivity index (χ2v) is 20.8. The van der Waals surface area contributed by atoms with Crippen molar-refractivity contribution in [2.45, 2.75) is 110 Å². The summed E-state index contributed by atoms with van der Waals surface area (Å²) in [4.78, 5) is 69.1. The van der Waals surface area contributed by atoms with Crippen LogP contribution in [0.4, 0.5) is 35.2 Å². The molecule has 0 unspecified atom stereocenters. The van der Waals surface area contributed by atoms with Crippen LogP contribution in [-0.2, 0) is 15.8 Å². The highest BCUT2D eigenvalue weighted by molar-refractivity contribution is 6.34. The van der Waals surface area contributed by atoms with Gasteiger partial charge in [0.05, 0.1) is 27.8 Å². The van der Waals surface area contributed by atoms with Crippen molar-refractivity contribution in [1.29, 1.82) is 0 Å². The zero-order valence-corrected chi connectivity index (χ0v) is 40.5. The molecule has 3 aliphatic heterocycles. The SMILES string of the molecule is Cc1nc(N[C@H](C)c2cc(N)cc(C(F)(F)F)c2)c2cc(C3CCC(C(=O)N4CCN(CC5CCC6(CC5)CCN(C(=O)c5ccc(Cl)c(N7CCC(=O)NC7=O)c5)CC6)CC4)CC3)c(C)cc2n1. The predicted octanol–water partition coefficient (Wildman–Crippen LogP) is 9.65. The van der Waals surface area contributed by atoms with E-state index in [9.17, 15) is 32.3 Å². The van der Waals surface area contributed by atoms with Crippen molar-refractivity contribution >= 4 is 63.4 Å². The molecule has 1 aromatic heterocycles. The number of likely N-dealkylation sites (tertiary alicyclic amines) is 1. The third kappa shape index (κ3) is 10.7. The number of urea groups is 1. The van der Waals surface area contributed by atoms with E-state index in [1.54, 1.807) is 38.1 Å². The first-order valence-corrected chi connectivity index (χ1v) is 25.0. The average Bonchev–Trinajstić information content (AvgIpc) is 3.32. The van der Waals surface area contributed by atoms with Crippen molar-refractivity contribution in [3.8, 4) is 0 Å². The van der Waals surface area contributed by atoms with Gasteiger partial charge in [-0.2, -0.15) is 13.2 Å². The van der Waals surface area contributed by atoms with Crippen LogP contribution in [-0.4, -0.2) is 101 Å². The number of nitrogens with zero attached hydrogens (tertiary/aromatic N) is 6. The summed E-state index contributed by atoms with van der Waals surface area (Å²) in [5, 5.41) is 6.84. The number of carbonyl (C=O) groups excluding carboxylic acids is 4. The number of benzene rings is 3. The smallest absolute Gasteiger partial charge is 0.399 e. The minimum absolute atomic E-state index is 0.00765. The molecule has 5 fully saturated rings. The molecule has 13 nitrogen and oxygen atoms in total. The van der Waals surface area contributed by atoms with Crippen LogP contribution in [0.1, 0.15) is 128 Å². The lowest BCUT2D eigenvalue weighted by Crippen LogP contribution is -2.52. The summed E-state index contributed by atoms with van der Waals surface area (Å²) >= 11 is 6.44. The molecule has 4 aromatic rings. The molecule has 69 heavy (non-hydrogen) atoms. The monoisotopic (exact) mass is 969 g/mol. The average molecular weight is 971 g/mol. The number of aryl methyl sites for hydroxylation is 2. The summed E-state index contributed by atoms with van der Waals surface area (Å²) in [7, 11) is 0. The lowest BCUT2D eigenvalue weighted by molar-refractivity contribution is -0.139. The van der Waals surface area contributed by atoms with Crippen LogP contribution >= 0.6 is 11.6 Å². The van der Waals surface area contributed by atoms with Crippen molar-refractivity contribution in [2.75, 3.05) is 68.3 Å². The number of nitrogen functional groups attached to an aromatic ring is 1. The van der Waals surface area contributed by atoms with Crippen LogP contribution < -0.4 is 21.3 Å². The molecule has 4 N–H and O–H groups in total. The lowest BCUT2D eigenvalue weighted by atomic mass is 9.65. The lowest BCUT2D eigenvalue weighted by Gasteiger charge is -2.47. The maximum absolute atomic E-state index is 13.9. The third-order valence-corrected chi connectivity index (χ3v) is 16.2.